The maximum absolute atomic E-state index is 14.3. The predicted molar refractivity (Wildman–Crippen MR) is 91.8 cm³/mol. The van der Waals surface area contributed by atoms with Crippen LogP contribution in [-0.4, -0.2) is 24.2 Å². The molecule has 1 saturated heterocycles. The van der Waals surface area contributed by atoms with Gasteiger partial charge in [0.05, 0.1) is 13.2 Å². The average molecular weight is 344 g/mol. The van der Waals surface area contributed by atoms with Crippen molar-refractivity contribution < 1.29 is 19.0 Å². The molecule has 3 N–H and O–H groups in total. The molecule has 25 heavy (non-hydrogen) atoms. The third kappa shape index (κ3) is 4.09. The number of carbonyl (C=O) groups excluding carboxylic acids is 1. The summed E-state index contributed by atoms with van der Waals surface area (Å²) in [5.74, 6) is 0.273. The van der Waals surface area contributed by atoms with E-state index in [1.807, 2.05) is 6.07 Å². The molecule has 132 valence electrons. The molecule has 1 aliphatic heterocycles. The molecule has 2 aromatic carbocycles. The first-order valence-electron chi connectivity index (χ1n) is 8.21. The topological polar surface area (TPSA) is 70.6 Å². The molecule has 1 aliphatic rings. The Hall–Kier alpha value is -2.60. The maximum atomic E-state index is 14.3. The van der Waals surface area contributed by atoms with Crippen molar-refractivity contribution in [3.63, 3.8) is 0 Å². The van der Waals surface area contributed by atoms with Crippen molar-refractivity contribution in [1.82, 2.24) is 10.6 Å². The second kappa shape index (κ2) is 7.53. The van der Waals surface area contributed by atoms with Crippen LogP contribution in [-0.2, 0) is 11.3 Å². The van der Waals surface area contributed by atoms with Gasteiger partial charge in [-0.25, -0.2) is 4.39 Å². The van der Waals surface area contributed by atoms with Gasteiger partial charge in [0.25, 0.3) is 0 Å². The van der Waals surface area contributed by atoms with E-state index in [0.29, 0.717) is 30.7 Å². The highest BCUT2D eigenvalue weighted by Crippen LogP contribution is 2.29. The van der Waals surface area contributed by atoms with E-state index < -0.39 is 6.04 Å². The molecule has 1 heterocycles. The van der Waals surface area contributed by atoms with Gasteiger partial charge in [-0.1, -0.05) is 12.1 Å². The maximum Gasteiger partial charge on any atom is 0.220 e. The van der Waals surface area contributed by atoms with E-state index >= 15 is 0 Å². The quantitative estimate of drug-likeness (QED) is 0.780. The lowest BCUT2D eigenvalue weighted by Gasteiger charge is -2.33. The molecule has 0 saturated carbocycles. The van der Waals surface area contributed by atoms with Crippen LogP contribution >= 0.6 is 0 Å². The van der Waals surface area contributed by atoms with Crippen molar-refractivity contribution in [2.24, 2.45) is 0 Å². The Balaban J connectivity index is 1.80. The van der Waals surface area contributed by atoms with Crippen LogP contribution < -0.4 is 15.4 Å². The van der Waals surface area contributed by atoms with E-state index in [-0.39, 0.29) is 23.5 Å². The van der Waals surface area contributed by atoms with E-state index in [0.717, 1.165) is 5.56 Å². The first-order valence-corrected chi connectivity index (χ1v) is 8.21. The number of hydrogen-bond acceptors (Lipinski definition) is 4. The molecular weight excluding hydrogens is 323 g/mol. The highest BCUT2D eigenvalue weighted by molar-refractivity contribution is 5.77. The summed E-state index contributed by atoms with van der Waals surface area (Å²) in [6.07, 6.45) is 0.992. The Bertz CT molecular complexity index is 766. The number of piperidine rings is 1. The van der Waals surface area contributed by atoms with E-state index in [9.17, 15) is 14.3 Å². The minimum atomic E-state index is -0.478. The predicted octanol–water partition coefficient (Wildman–Crippen LogP) is 2.65. The monoisotopic (exact) mass is 344 g/mol. The number of rotatable bonds is 5. The van der Waals surface area contributed by atoms with Crippen molar-refractivity contribution in [3.05, 3.63) is 59.4 Å². The molecule has 3 rings (SSSR count). The number of nitrogens with one attached hydrogen (secondary N) is 2. The summed E-state index contributed by atoms with van der Waals surface area (Å²) < 4.78 is 19.5. The molecule has 0 aromatic heterocycles. The molecule has 1 amide bonds. The molecule has 0 radical (unpaired) electrons. The molecule has 1 fully saturated rings. The summed E-state index contributed by atoms with van der Waals surface area (Å²) in [7, 11) is 1.52. The van der Waals surface area contributed by atoms with Gasteiger partial charge in [-0.3, -0.25) is 4.79 Å². The van der Waals surface area contributed by atoms with Gasteiger partial charge in [-0.05, 0) is 42.3 Å². The van der Waals surface area contributed by atoms with Crippen molar-refractivity contribution in [2.75, 3.05) is 7.11 Å². The number of carbonyl (C=O) groups is 1. The number of halogens is 1. The van der Waals surface area contributed by atoms with E-state index in [4.69, 9.17) is 4.74 Å². The van der Waals surface area contributed by atoms with Crippen LogP contribution in [0.2, 0.25) is 0 Å². The fraction of sp³-hybridized carbons (Fsp3) is 0.316. The second-order valence-corrected chi connectivity index (χ2v) is 6.13. The number of phenols is 1. The summed E-state index contributed by atoms with van der Waals surface area (Å²) in [5, 5.41) is 15.8. The number of ether oxygens (including phenoxy) is 1. The largest absolute Gasteiger partial charge is 0.508 e. The van der Waals surface area contributed by atoms with E-state index in [2.05, 4.69) is 10.6 Å². The molecule has 0 aliphatic carbocycles. The van der Waals surface area contributed by atoms with Gasteiger partial charge in [0, 0.05) is 24.6 Å². The van der Waals surface area contributed by atoms with Crippen molar-refractivity contribution >= 4 is 5.91 Å². The number of phenolic OH excluding ortho intramolecular Hbond substituents is 1. The van der Waals surface area contributed by atoms with Crippen LogP contribution in [0.25, 0.3) is 0 Å². The van der Waals surface area contributed by atoms with Crippen LogP contribution in [0.15, 0.2) is 42.5 Å². The summed E-state index contributed by atoms with van der Waals surface area (Å²) >= 11 is 0. The molecular formula is C19H21FN2O3. The number of hydrogen-bond donors (Lipinski definition) is 3. The Labute approximate surface area is 145 Å². The highest BCUT2D eigenvalue weighted by atomic mass is 19.1. The van der Waals surface area contributed by atoms with Crippen LogP contribution in [0.1, 0.15) is 30.0 Å². The molecule has 2 aromatic rings. The number of aromatic hydroxyl groups is 1. The van der Waals surface area contributed by atoms with Crippen molar-refractivity contribution in [1.29, 1.82) is 0 Å². The zero-order valence-corrected chi connectivity index (χ0v) is 14.0. The second-order valence-electron chi connectivity index (χ2n) is 6.13. The molecule has 0 spiro atoms. The zero-order valence-electron chi connectivity index (χ0n) is 14.0. The highest BCUT2D eigenvalue weighted by Gasteiger charge is 2.31. The SMILES string of the molecule is COc1ccc(F)c([C@@H]2NC(=O)CC[C@H]2NCc2cccc(O)c2)c1. The molecule has 5 nitrogen and oxygen atoms in total. The van der Waals surface area contributed by atoms with Crippen LogP contribution in [0.5, 0.6) is 11.5 Å². The lowest BCUT2D eigenvalue weighted by Crippen LogP contribution is -2.48. The minimum Gasteiger partial charge on any atom is -0.508 e. The third-order valence-electron chi connectivity index (χ3n) is 4.42. The van der Waals surface area contributed by atoms with Gasteiger partial charge < -0.3 is 20.5 Å². The van der Waals surface area contributed by atoms with Crippen LogP contribution in [0.4, 0.5) is 4.39 Å². The summed E-state index contributed by atoms with van der Waals surface area (Å²) in [6, 6.07) is 10.9. The van der Waals surface area contributed by atoms with Crippen molar-refractivity contribution in [3.8, 4) is 11.5 Å². The van der Waals surface area contributed by atoms with Gasteiger partial charge in [0.2, 0.25) is 5.91 Å². The minimum absolute atomic E-state index is 0.0948. The first kappa shape index (κ1) is 17.2. The van der Waals surface area contributed by atoms with Crippen molar-refractivity contribution in [2.45, 2.75) is 31.5 Å². The van der Waals surface area contributed by atoms with Gasteiger partial charge >= 0.3 is 0 Å². The van der Waals surface area contributed by atoms with Gasteiger partial charge in [0.1, 0.15) is 17.3 Å². The van der Waals surface area contributed by atoms with E-state index in [1.165, 1.54) is 13.2 Å². The lowest BCUT2D eigenvalue weighted by molar-refractivity contribution is -0.123. The molecule has 0 bridgehead atoms. The number of benzene rings is 2. The van der Waals surface area contributed by atoms with Crippen LogP contribution in [0, 0.1) is 5.82 Å². The van der Waals surface area contributed by atoms with Gasteiger partial charge in [-0.2, -0.15) is 0 Å². The summed E-state index contributed by atoms with van der Waals surface area (Å²) in [4.78, 5) is 11.9. The summed E-state index contributed by atoms with van der Waals surface area (Å²) in [5.41, 5.74) is 1.32. The normalized spacial score (nSPS) is 20.2. The Morgan fingerprint density at radius 2 is 2.16 bits per heavy atom. The summed E-state index contributed by atoms with van der Waals surface area (Å²) in [6.45, 7) is 0.511. The molecule has 6 heteroatoms. The standard InChI is InChI=1S/C19H21FN2O3/c1-25-14-5-6-16(20)15(10-14)19-17(7-8-18(24)22-19)21-11-12-3-2-4-13(23)9-12/h2-6,9-10,17,19,21,23H,7-8,11H2,1H3,(H,22,24)/t17-,19+/m1/s1. The first-order chi connectivity index (χ1) is 12.1. The smallest absolute Gasteiger partial charge is 0.220 e. The third-order valence-corrected chi connectivity index (χ3v) is 4.42. The van der Waals surface area contributed by atoms with E-state index in [1.54, 1.807) is 30.3 Å². The lowest BCUT2D eigenvalue weighted by atomic mass is 9.91. The zero-order chi connectivity index (χ0) is 17.8. The Morgan fingerprint density at radius 1 is 1.32 bits per heavy atom. The fourth-order valence-electron chi connectivity index (χ4n) is 3.12. The number of amides is 1. The van der Waals surface area contributed by atoms with Crippen LogP contribution in [0.3, 0.4) is 0 Å². The van der Waals surface area contributed by atoms with Gasteiger partial charge in [-0.15, -0.1) is 0 Å². The number of methoxy groups -OCH3 is 1. The Kier molecular flexibility index (Phi) is 5.19. The Morgan fingerprint density at radius 3 is 2.92 bits per heavy atom. The molecule has 2 atom stereocenters. The van der Waals surface area contributed by atoms with Gasteiger partial charge in [0.15, 0.2) is 0 Å². The fourth-order valence-corrected chi connectivity index (χ4v) is 3.12. The molecule has 0 unspecified atom stereocenters. The average Bonchev–Trinajstić information content (AvgIpc) is 2.61.